The number of aliphatic hydroxyl groups excluding tert-OH is 3. The van der Waals surface area contributed by atoms with Crippen molar-refractivity contribution < 1.29 is 56.2 Å². The number of carbonyl (C=O) groups excluding carboxylic acids is 1. The van der Waals surface area contributed by atoms with E-state index in [9.17, 15) is 28.5 Å². The van der Waals surface area contributed by atoms with E-state index in [0.717, 1.165) is 70.6 Å². The molecule has 0 aromatic rings. The molecular weight excluding hydrogens is 789 g/mol. The van der Waals surface area contributed by atoms with Crippen LogP contribution in [-0.2, 0) is 38.3 Å². The summed E-state index contributed by atoms with van der Waals surface area (Å²) in [7, 11) is -5.06. The summed E-state index contributed by atoms with van der Waals surface area (Å²) in [4.78, 5) is 12.8. The molecule has 1 heterocycles. The zero-order valence-electron chi connectivity index (χ0n) is 37.3. The van der Waals surface area contributed by atoms with Gasteiger partial charge in [-0.15, -0.1) is 0 Å². The topological polar surface area (TPSA) is 178 Å². The highest BCUT2D eigenvalue weighted by atomic mass is 32.3. The summed E-state index contributed by atoms with van der Waals surface area (Å²) < 4.78 is 59.0. The van der Waals surface area contributed by atoms with E-state index in [2.05, 4.69) is 66.6 Å². The lowest BCUT2D eigenvalue weighted by atomic mass is 9.99. The van der Waals surface area contributed by atoms with Gasteiger partial charge in [0.15, 0.2) is 6.29 Å². The van der Waals surface area contributed by atoms with Crippen molar-refractivity contribution in [3.63, 3.8) is 0 Å². The number of carbonyl (C=O) groups is 1. The second-order valence-corrected chi connectivity index (χ2v) is 17.0. The molecule has 1 fully saturated rings. The fraction of sp³-hybridized carbons (Fsp3) is 0.809. The zero-order valence-corrected chi connectivity index (χ0v) is 38.1. The highest BCUT2D eigenvalue weighted by molar-refractivity contribution is 7.80. The monoisotopic (exact) mass is 873 g/mol. The SMILES string of the molecule is CC/C=C\C/C=C\C/C=C\C/C=C\CCCCCCCCCCCCC(=O)OC(COCCCCCCCCCCCC)COC1OC(CO)C(O)C(OS(=O)(=O)O)C1O. The van der Waals surface area contributed by atoms with E-state index in [4.69, 9.17) is 23.5 Å². The minimum Gasteiger partial charge on any atom is -0.457 e. The van der Waals surface area contributed by atoms with Crippen molar-refractivity contribution in [2.75, 3.05) is 26.4 Å². The molecule has 0 amide bonds. The summed E-state index contributed by atoms with van der Waals surface area (Å²) >= 11 is 0. The Hall–Kier alpha value is -1.94. The number of rotatable bonds is 40. The molecule has 0 aromatic carbocycles. The number of hydrogen-bond acceptors (Lipinski definition) is 11. The minimum atomic E-state index is -5.06. The van der Waals surface area contributed by atoms with E-state index >= 15 is 0 Å². The lowest BCUT2D eigenvalue weighted by Gasteiger charge is -2.41. The molecule has 0 radical (unpaired) electrons. The van der Waals surface area contributed by atoms with Gasteiger partial charge in [0.2, 0.25) is 0 Å². The van der Waals surface area contributed by atoms with Crippen LogP contribution in [0.15, 0.2) is 48.6 Å². The quantitative estimate of drug-likeness (QED) is 0.0199. The van der Waals surface area contributed by atoms with E-state index in [1.54, 1.807) is 0 Å². The van der Waals surface area contributed by atoms with Gasteiger partial charge < -0.3 is 34.3 Å². The van der Waals surface area contributed by atoms with Gasteiger partial charge in [-0.1, -0.05) is 172 Å². The molecule has 1 aliphatic heterocycles. The number of ether oxygens (including phenoxy) is 4. The Morgan fingerprint density at radius 2 is 1.15 bits per heavy atom. The van der Waals surface area contributed by atoms with Crippen LogP contribution >= 0.6 is 0 Å². The normalized spacial score (nSPS) is 20.7. The molecule has 6 unspecified atom stereocenters. The van der Waals surface area contributed by atoms with Crippen molar-refractivity contribution in [2.45, 2.75) is 218 Å². The predicted molar refractivity (Wildman–Crippen MR) is 239 cm³/mol. The largest absolute Gasteiger partial charge is 0.457 e. The molecule has 60 heavy (non-hydrogen) atoms. The first kappa shape index (κ1) is 56.1. The zero-order chi connectivity index (χ0) is 43.9. The predicted octanol–water partition coefficient (Wildman–Crippen LogP) is 9.97. The van der Waals surface area contributed by atoms with Crippen molar-refractivity contribution in [3.8, 4) is 0 Å². The molecule has 13 heteroatoms. The number of allylic oxidation sites excluding steroid dienone is 8. The van der Waals surface area contributed by atoms with E-state index in [1.165, 1.54) is 83.5 Å². The minimum absolute atomic E-state index is 0.0351. The van der Waals surface area contributed by atoms with Crippen LogP contribution in [0, 0.1) is 0 Å². The summed E-state index contributed by atoms with van der Waals surface area (Å²) in [6, 6.07) is 0. The fourth-order valence-corrected chi connectivity index (χ4v) is 7.47. The standard InChI is InChI=1S/C47H84O12S/c1-3-5-7-9-11-13-15-16-17-18-19-20-21-22-23-24-25-26-27-28-30-32-34-36-43(49)57-41(39-55-37-35-33-31-29-14-12-10-8-6-4-2)40-56-47-45(51)46(59-60(52,53)54)44(50)42(38-48)58-47/h5,7,11,13,16-17,19-20,41-42,44-48,50-51H,3-4,6,8-10,12,14-15,18,21-40H2,1-2H3,(H,52,53,54)/b7-5-,13-11-,17-16-,20-19-. The Morgan fingerprint density at radius 3 is 1.68 bits per heavy atom. The van der Waals surface area contributed by atoms with Crippen LogP contribution in [0.2, 0.25) is 0 Å². The van der Waals surface area contributed by atoms with Crippen LogP contribution in [0.3, 0.4) is 0 Å². The van der Waals surface area contributed by atoms with Gasteiger partial charge in [0.25, 0.3) is 0 Å². The maximum atomic E-state index is 12.8. The molecule has 4 N–H and O–H groups in total. The van der Waals surface area contributed by atoms with Gasteiger partial charge in [-0.3, -0.25) is 9.35 Å². The summed E-state index contributed by atoms with van der Waals surface area (Å²) in [6.45, 7) is 3.86. The van der Waals surface area contributed by atoms with E-state index in [1.807, 2.05) is 0 Å². The highest BCUT2D eigenvalue weighted by Crippen LogP contribution is 2.26. The lowest BCUT2D eigenvalue weighted by Crippen LogP contribution is -2.60. The Labute approximate surface area is 364 Å². The molecule has 0 aromatic heterocycles. The van der Waals surface area contributed by atoms with Crippen LogP contribution < -0.4 is 0 Å². The van der Waals surface area contributed by atoms with Crippen LogP contribution in [0.25, 0.3) is 0 Å². The van der Waals surface area contributed by atoms with Gasteiger partial charge in [0, 0.05) is 13.0 Å². The van der Waals surface area contributed by atoms with E-state index in [0.29, 0.717) is 13.0 Å². The van der Waals surface area contributed by atoms with Crippen molar-refractivity contribution >= 4 is 16.4 Å². The van der Waals surface area contributed by atoms with Crippen molar-refractivity contribution in [2.24, 2.45) is 0 Å². The molecule has 1 aliphatic rings. The third-order valence-electron chi connectivity index (χ3n) is 10.5. The van der Waals surface area contributed by atoms with Crippen molar-refractivity contribution in [1.82, 2.24) is 0 Å². The van der Waals surface area contributed by atoms with E-state index in [-0.39, 0.29) is 19.6 Å². The molecule has 350 valence electrons. The van der Waals surface area contributed by atoms with E-state index < -0.39 is 59.8 Å². The maximum absolute atomic E-state index is 12.8. The third kappa shape index (κ3) is 31.8. The Bertz CT molecular complexity index is 1240. The third-order valence-corrected chi connectivity index (χ3v) is 10.9. The first-order chi connectivity index (χ1) is 29.1. The van der Waals surface area contributed by atoms with Gasteiger partial charge in [0.05, 0.1) is 19.8 Å². The first-order valence-electron chi connectivity index (χ1n) is 23.4. The molecule has 0 aliphatic carbocycles. The molecule has 1 saturated heterocycles. The smallest absolute Gasteiger partial charge is 0.397 e. The molecule has 1 rings (SSSR count). The van der Waals surface area contributed by atoms with Crippen molar-refractivity contribution in [1.29, 1.82) is 0 Å². The number of aliphatic hydroxyl groups is 3. The first-order valence-corrected chi connectivity index (χ1v) is 24.8. The number of esters is 1. The Kier molecular flexibility index (Phi) is 36.2. The summed E-state index contributed by atoms with van der Waals surface area (Å²) in [6.07, 6.45) is 37.2. The Morgan fingerprint density at radius 1 is 0.650 bits per heavy atom. The van der Waals surface area contributed by atoms with Crippen molar-refractivity contribution in [3.05, 3.63) is 48.6 Å². The summed E-state index contributed by atoms with van der Waals surface area (Å²) in [5.41, 5.74) is 0. The van der Waals surface area contributed by atoms with Gasteiger partial charge in [-0.2, -0.15) is 8.42 Å². The average molecular weight is 873 g/mol. The van der Waals surface area contributed by atoms with Gasteiger partial charge in [-0.25, -0.2) is 4.18 Å². The van der Waals surface area contributed by atoms with Crippen LogP contribution in [0.1, 0.15) is 181 Å². The number of hydrogen-bond donors (Lipinski definition) is 4. The van der Waals surface area contributed by atoms with Gasteiger partial charge >= 0.3 is 16.4 Å². The summed E-state index contributed by atoms with van der Waals surface area (Å²) in [5, 5.41) is 30.6. The maximum Gasteiger partial charge on any atom is 0.397 e. The summed E-state index contributed by atoms with van der Waals surface area (Å²) in [5.74, 6) is -0.405. The molecule has 0 spiro atoms. The average Bonchev–Trinajstić information content (AvgIpc) is 3.22. The second kappa shape index (κ2) is 38.7. The lowest BCUT2D eigenvalue weighted by molar-refractivity contribution is -0.301. The molecule has 0 bridgehead atoms. The van der Waals surface area contributed by atoms with Crippen LogP contribution in [-0.4, -0.2) is 97.5 Å². The van der Waals surface area contributed by atoms with Gasteiger partial charge in [0.1, 0.15) is 30.5 Å². The number of unbranched alkanes of at least 4 members (excludes halogenated alkanes) is 19. The molecule has 6 atom stereocenters. The van der Waals surface area contributed by atoms with Gasteiger partial charge in [-0.05, 0) is 51.4 Å². The highest BCUT2D eigenvalue weighted by Gasteiger charge is 2.48. The fourth-order valence-electron chi connectivity index (χ4n) is 6.96. The Balaban J connectivity index is 2.34. The van der Waals surface area contributed by atoms with Crippen LogP contribution in [0.4, 0.5) is 0 Å². The molecule has 0 saturated carbocycles. The second-order valence-electron chi connectivity index (χ2n) is 16.0. The van der Waals surface area contributed by atoms with Crippen LogP contribution in [0.5, 0.6) is 0 Å². The molecule has 12 nitrogen and oxygen atoms in total. The molecular formula is C47H84O12S.